The number of nitrogens with zero attached hydrogens (tertiary/aromatic N) is 3. The van der Waals surface area contributed by atoms with Crippen LogP contribution in [0.5, 0.6) is 0 Å². The molecule has 0 aromatic carbocycles. The van der Waals surface area contributed by atoms with Crippen molar-refractivity contribution in [3.8, 4) is 0 Å². The van der Waals surface area contributed by atoms with Crippen LogP contribution in [0.4, 0.5) is 5.82 Å². The van der Waals surface area contributed by atoms with Crippen molar-refractivity contribution in [2.75, 3.05) is 18.1 Å². The molecule has 1 saturated heterocycles. The number of anilines is 1. The van der Waals surface area contributed by atoms with E-state index in [1.54, 1.807) is 4.90 Å². The molecular weight excluding hydrogens is 230 g/mol. The van der Waals surface area contributed by atoms with Gasteiger partial charge in [0, 0.05) is 31.6 Å². The van der Waals surface area contributed by atoms with E-state index in [4.69, 9.17) is 0 Å². The number of aromatic nitrogens is 2. The number of hydrogen-bond donors (Lipinski definition) is 1. The van der Waals surface area contributed by atoms with E-state index in [1.807, 2.05) is 17.7 Å². The Morgan fingerprint density at radius 3 is 2.67 bits per heavy atom. The molecule has 1 atom stereocenters. The second kappa shape index (κ2) is 4.39. The van der Waals surface area contributed by atoms with Crippen molar-refractivity contribution >= 4 is 11.7 Å². The van der Waals surface area contributed by atoms with Gasteiger partial charge in [-0.25, -0.2) is 4.68 Å². The Kier molecular flexibility index (Phi) is 3.19. The van der Waals surface area contributed by atoms with E-state index in [2.05, 4.69) is 25.9 Å². The van der Waals surface area contributed by atoms with Crippen LogP contribution in [0.15, 0.2) is 6.07 Å². The second-order valence-electron chi connectivity index (χ2n) is 5.98. The van der Waals surface area contributed by atoms with Crippen molar-refractivity contribution in [3.05, 3.63) is 11.8 Å². The number of aliphatic hydroxyl groups excluding tert-OH is 1. The van der Waals surface area contributed by atoms with Gasteiger partial charge in [0.05, 0.1) is 11.2 Å². The molecule has 1 aliphatic heterocycles. The number of aliphatic hydroxyl groups is 1. The molecular formula is C13H21N3O2. The van der Waals surface area contributed by atoms with Gasteiger partial charge in [0.1, 0.15) is 5.82 Å². The molecule has 1 fully saturated rings. The van der Waals surface area contributed by atoms with Crippen LogP contribution in [-0.2, 0) is 10.3 Å². The van der Waals surface area contributed by atoms with Gasteiger partial charge in [-0.15, -0.1) is 0 Å². The number of carbonyl (C=O) groups excluding carboxylic acids is 1. The van der Waals surface area contributed by atoms with Gasteiger partial charge < -0.3 is 5.11 Å². The highest BCUT2D eigenvalue weighted by atomic mass is 16.3. The Hall–Kier alpha value is -1.36. The van der Waals surface area contributed by atoms with Gasteiger partial charge in [0.2, 0.25) is 5.91 Å². The molecule has 0 saturated carbocycles. The molecule has 0 radical (unpaired) electrons. The quantitative estimate of drug-likeness (QED) is 0.861. The first-order valence-corrected chi connectivity index (χ1v) is 6.31. The van der Waals surface area contributed by atoms with E-state index in [9.17, 15) is 9.90 Å². The minimum atomic E-state index is -0.166. The summed E-state index contributed by atoms with van der Waals surface area (Å²) in [6.45, 7) is 8.75. The average molecular weight is 251 g/mol. The van der Waals surface area contributed by atoms with Crippen molar-refractivity contribution < 1.29 is 9.90 Å². The van der Waals surface area contributed by atoms with Crippen LogP contribution in [0.2, 0.25) is 0 Å². The monoisotopic (exact) mass is 251 g/mol. The third kappa shape index (κ3) is 2.27. The number of amides is 1. The van der Waals surface area contributed by atoms with Crippen molar-refractivity contribution in [3.63, 3.8) is 0 Å². The predicted molar refractivity (Wildman–Crippen MR) is 69.5 cm³/mol. The smallest absolute Gasteiger partial charge is 0.228 e. The summed E-state index contributed by atoms with van der Waals surface area (Å²) in [5.74, 6) is 0.946. The Balaban J connectivity index is 2.37. The molecule has 1 aliphatic rings. The van der Waals surface area contributed by atoms with E-state index in [0.29, 0.717) is 13.0 Å². The van der Waals surface area contributed by atoms with E-state index < -0.39 is 0 Å². The SMILES string of the molecule is Cc1cc(N2CC(CO)CC2=O)n(C(C)(C)C)n1. The zero-order valence-electron chi connectivity index (χ0n) is 11.5. The predicted octanol–water partition coefficient (Wildman–Crippen LogP) is 1.29. The lowest BCUT2D eigenvalue weighted by molar-refractivity contribution is -0.117. The molecule has 1 amide bonds. The lowest BCUT2D eigenvalue weighted by Crippen LogP contribution is -2.32. The first-order chi connectivity index (χ1) is 8.32. The highest BCUT2D eigenvalue weighted by Gasteiger charge is 2.33. The van der Waals surface area contributed by atoms with Crippen LogP contribution in [0.3, 0.4) is 0 Å². The summed E-state index contributed by atoms with van der Waals surface area (Å²) in [6.07, 6.45) is 0.421. The van der Waals surface area contributed by atoms with Crippen molar-refractivity contribution in [1.29, 1.82) is 0 Å². The maximum absolute atomic E-state index is 12.0. The molecule has 1 aromatic heterocycles. The summed E-state index contributed by atoms with van der Waals surface area (Å²) in [4.78, 5) is 13.7. The van der Waals surface area contributed by atoms with E-state index >= 15 is 0 Å². The van der Waals surface area contributed by atoms with Gasteiger partial charge >= 0.3 is 0 Å². The average Bonchev–Trinajstić information content (AvgIpc) is 2.80. The van der Waals surface area contributed by atoms with Crippen molar-refractivity contribution in [1.82, 2.24) is 9.78 Å². The molecule has 2 heterocycles. The lowest BCUT2D eigenvalue weighted by Gasteiger charge is -2.26. The highest BCUT2D eigenvalue weighted by Crippen LogP contribution is 2.29. The third-order valence-corrected chi connectivity index (χ3v) is 3.19. The molecule has 100 valence electrons. The largest absolute Gasteiger partial charge is 0.396 e. The van der Waals surface area contributed by atoms with E-state index in [0.717, 1.165) is 11.5 Å². The lowest BCUT2D eigenvalue weighted by atomic mass is 10.1. The van der Waals surface area contributed by atoms with Crippen LogP contribution < -0.4 is 4.90 Å². The van der Waals surface area contributed by atoms with Crippen molar-refractivity contribution in [2.24, 2.45) is 5.92 Å². The Bertz CT molecular complexity index is 459. The normalized spacial score (nSPS) is 20.8. The standard InChI is InChI=1S/C13H21N3O2/c1-9-5-11(16(14-9)13(2,3)4)15-7-10(8-17)6-12(15)18/h5,10,17H,6-8H2,1-4H3. The van der Waals surface area contributed by atoms with Crippen molar-refractivity contribution in [2.45, 2.75) is 39.7 Å². The Morgan fingerprint density at radius 1 is 1.50 bits per heavy atom. The molecule has 0 spiro atoms. The molecule has 2 rings (SSSR count). The number of carbonyl (C=O) groups is 1. The fraction of sp³-hybridized carbons (Fsp3) is 0.692. The van der Waals surface area contributed by atoms with Gasteiger partial charge in [-0.2, -0.15) is 5.10 Å². The summed E-state index contributed by atoms with van der Waals surface area (Å²) >= 11 is 0. The van der Waals surface area contributed by atoms with Gasteiger partial charge in [-0.1, -0.05) is 0 Å². The fourth-order valence-corrected chi connectivity index (χ4v) is 2.30. The molecule has 1 aromatic rings. The topological polar surface area (TPSA) is 58.4 Å². The molecule has 0 aliphatic carbocycles. The maximum Gasteiger partial charge on any atom is 0.228 e. The number of rotatable bonds is 2. The third-order valence-electron chi connectivity index (χ3n) is 3.19. The van der Waals surface area contributed by atoms with E-state index in [1.165, 1.54) is 0 Å². The summed E-state index contributed by atoms with van der Waals surface area (Å²) in [6, 6.07) is 1.93. The van der Waals surface area contributed by atoms with Crippen LogP contribution >= 0.6 is 0 Å². The molecule has 5 heteroatoms. The van der Waals surface area contributed by atoms with E-state index in [-0.39, 0.29) is 24.0 Å². The van der Waals surface area contributed by atoms with Gasteiger partial charge in [0.25, 0.3) is 0 Å². The first kappa shape index (κ1) is 13.1. The zero-order chi connectivity index (χ0) is 13.5. The molecule has 0 bridgehead atoms. The summed E-state index contributed by atoms with van der Waals surface area (Å²) in [5.41, 5.74) is 0.737. The zero-order valence-corrected chi connectivity index (χ0v) is 11.5. The van der Waals surface area contributed by atoms with Crippen LogP contribution in [0, 0.1) is 12.8 Å². The van der Waals surface area contributed by atoms with Gasteiger partial charge in [-0.05, 0) is 27.7 Å². The number of aryl methyl sites for hydroxylation is 1. The Morgan fingerprint density at radius 2 is 2.17 bits per heavy atom. The Labute approximate surface area is 107 Å². The molecule has 1 unspecified atom stereocenters. The summed E-state index contributed by atoms with van der Waals surface area (Å²) in [7, 11) is 0. The fourth-order valence-electron chi connectivity index (χ4n) is 2.30. The molecule has 18 heavy (non-hydrogen) atoms. The highest BCUT2D eigenvalue weighted by molar-refractivity contribution is 5.95. The van der Waals surface area contributed by atoms with Crippen LogP contribution in [0.1, 0.15) is 32.9 Å². The number of hydrogen-bond acceptors (Lipinski definition) is 3. The summed E-state index contributed by atoms with van der Waals surface area (Å²) < 4.78 is 1.89. The van der Waals surface area contributed by atoms with Crippen LogP contribution in [0.25, 0.3) is 0 Å². The first-order valence-electron chi connectivity index (χ1n) is 6.31. The summed E-state index contributed by atoms with van der Waals surface area (Å²) in [5, 5.41) is 13.7. The van der Waals surface area contributed by atoms with Crippen LogP contribution in [-0.4, -0.2) is 33.9 Å². The van der Waals surface area contributed by atoms with Gasteiger partial charge in [-0.3, -0.25) is 9.69 Å². The minimum absolute atomic E-state index is 0.0427. The molecule has 1 N–H and O–H groups in total. The van der Waals surface area contributed by atoms with Gasteiger partial charge in [0.15, 0.2) is 0 Å². The maximum atomic E-state index is 12.0. The minimum Gasteiger partial charge on any atom is -0.396 e. The second-order valence-corrected chi connectivity index (χ2v) is 5.98. The molecule has 5 nitrogen and oxygen atoms in total.